The Labute approximate surface area is 90.1 Å². The highest BCUT2D eigenvalue weighted by Crippen LogP contribution is 2.24. The second kappa shape index (κ2) is 4.43. The van der Waals surface area contributed by atoms with Crippen molar-refractivity contribution in [3.8, 4) is 0 Å². The molecular formula is C11H18N2S. The van der Waals surface area contributed by atoms with Crippen LogP contribution in [0.15, 0.2) is 17.5 Å². The number of hydrogen-bond donors (Lipinski definition) is 0. The molecule has 0 bridgehead atoms. The lowest BCUT2D eigenvalue weighted by Crippen LogP contribution is -2.45. The lowest BCUT2D eigenvalue weighted by Gasteiger charge is -2.36. The minimum atomic E-state index is 0.601. The molecule has 2 heterocycles. The molecule has 0 aliphatic carbocycles. The summed E-state index contributed by atoms with van der Waals surface area (Å²) in [5, 5.41) is 2.17. The molecule has 0 aromatic carbocycles. The van der Waals surface area contributed by atoms with Crippen molar-refractivity contribution in [1.82, 2.24) is 9.80 Å². The third-order valence-electron chi connectivity index (χ3n) is 3.04. The van der Waals surface area contributed by atoms with Crippen molar-refractivity contribution < 1.29 is 0 Å². The summed E-state index contributed by atoms with van der Waals surface area (Å²) in [7, 11) is 2.20. The number of piperazine rings is 1. The van der Waals surface area contributed by atoms with Crippen molar-refractivity contribution >= 4 is 11.3 Å². The molecule has 0 radical (unpaired) electrons. The molecule has 1 aromatic rings. The standard InChI is InChI=1S/C11H18N2S/c1-10(11-4-3-9-14-11)13-7-5-12(2)6-8-13/h3-4,9-10H,5-8H2,1-2H3. The van der Waals surface area contributed by atoms with E-state index < -0.39 is 0 Å². The highest BCUT2D eigenvalue weighted by atomic mass is 32.1. The van der Waals surface area contributed by atoms with Gasteiger partial charge in [-0.15, -0.1) is 11.3 Å². The van der Waals surface area contributed by atoms with Crippen LogP contribution in [0.5, 0.6) is 0 Å². The average molecular weight is 210 g/mol. The van der Waals surface area contributed by atoms with Crippen LogP contribution in [0.2, 0.25) is 0 Å². The number of likely N-dealkylation sites (N-methyl/N-ethyl adjacent to an activating group) is 1. The lowest BCUT2D eigenvalue weighted by molar-refractivity contribution is 0.120. The third kappa shape index (κ3) is 2.16. The molecule has 1 unspecified atom stereocenters. The summed E-state index contributed by atoms with van der Waals surface area (Å²) < 4.78 is 0. The van der Waals surface area contributed by atoms with Crippen LogP contribution in [0.4, 0.5) is 0 Å². The largest absolute Gasteiger partial charge is 0.304 e. The smallest absolute Gasteiger partial charge is 0.0414 e. The Hall–Kier alpha value is -0.380. The van der Waals surface area contributed by atoms with Gasteiger partial charge in [0.2, 0.25) is 0 Å². The van der Waals surface area contributed by atoms with Gasteiger partial charge in [-0.25, -0.2) is 0 Å². The fourth-order valence-corrected chi connectivity index (χ4v) is 2.74. The maximum atomic E-state index is 2.58. The fraction of sp³-hybridized carbons (Fsp3) is 0.636. The molecule has 0 saturated carbocycles. The van der Waals surface area contributed by atoms with Gasteiger partial charge in [-0.3, -0.25) is 4.90 Å². The second-order valence-corrected chi connectivity index (χ2v) is 5.01. The van der Waals surface area contributed by atoms with Gasteiger partial charge < -0.3 is 4.90 Å². The van der Waals surface area contributed by atoms with Crippen LogP contribution in [-0.2, 0) is 0 Å². The monoisotopic (exact) mass is 210 g/mol. The Morgan fingerprint density at radius 2 is 2.00 bits per heavy atom. The maximum Gasteiger partial charge on any atom is 0.0414 e. The van der Waals surface area contributed by atoms with Crippen molar-refractivity contribution in [3.63, 3.8) is 0 Å². The first kappa shape index (κ1) is 10.1. The van der Waals surface area contributed by atoms with Crippen LogP contribution in [-0.4, -0.2) is 43.0 Å². The Morgan fingerprint density at radius 3 is 2.57 bits per heavy atom. The number of hydrogen-bond acceptors (Lipinski definition) is 3. The van der Waals surface area contributed by atoms with E-state index in [1.807, 2.05) is 11.3 Å². The van der Waals surface area contributed by atoms with E-state index in [2.05, 4.69) is 41.3 Å². The van der Waals surface area contributed by atoms with Gasteiger partial charge in [0.25, 0.3) is 0 Å². The van der Waals surface area contributed by atoms with E-state index in [1.54, 1.807) is 0 Å². The summed E-state index contributed by atoms with van der Waals surface area (Å²) in [6, 6.07) is 4.99. The molecule has 0 N–H and O–H groups in total. The number of rotatable bonds is 2. The van der Waals surface area contributed by atoms with Crippen LogP contribution in [0.25, 0.3) is 0 Å². The Kier molecular flexibility index (Phi) is 3.21. The molecule has 1 saturated heterocycles. The topological polar surface area (TPSA) is 6.48 Å². The zero-order chi connectivity index (χ0) is 9.97. The Balaban J connectivity index is 1.95. The van der Waals surface area contributed by atoms with E-state index in [1.165, 1.54) is 31.1 Å². The minimum Gasteiger partial charge on any atom is -0.304 e. The summed E-state index contributed by atoms with van der Waals surface area (Å²) >= 11 is 1.87. The van der Waals surface area contributed by atoms with Gasteiger partial charge >= 0.3 is 0 Å². The highest BCUT2D eigenvalue weighted by molar-refractivity contribution is 7.10. The maximum absolute atomic E-state index is 2.58. The third-order valence-corrected chi connectivity index (χ3v) is 4.08. The quantitative estimate of drug-likeness (QED) is 0.737. The van der Waals surface area contributed by atoms with Gasteiger partial charge in [0.05, 0.1) is 0 Å². The molecular weight excluding hydrogens is 192 g/mol. The summed E-state index contributed by atoms with van der Waals surface area (Å²) in [5.74, 6) is 0. The molecule has 14 heavy (non-hydrogen) atoms. The van der Waals surface area contributed by atoms with Gasteiger partial charge in [0.1, 0.15) is 0 Å². The summed E-state index contributed by atoms with van der Waals surface area (Å²) in [4.78, 5) is 6.47. The molecule has 1 fully saturated rings. The van der Waals surface area contributed by atoms with Crippen molar-refractivity contribution in [2.75, 3.05) is 33.2 Å². The normalized spacial score (nSPS) is 22.4. The van der Waals surface area contributed by atoms with Crippen LogP contribution < -0.4 is 0 Å². The van der Waals surface area contributed by atoms with Gasteiger partial charge in [-0.1, -0.05) is 6.07 Å². The van der Waals surface area contributed by atoms with Crippen molar-refractivity contribution in [2.45, 2.75) is 13.0 Å². The van der Waals surface area contributed by atoms with Crippen LogP contribution in [0.1, 0.15) is 17.8 Å². The predicted octanol–water partition coefficient (Wildman–Crippen LogP) is 2.06. The van der Waals surface area contributed by atoms with Crippen molar-refractivity contribution in [2.24, 2.45) is 0 Å². The van der Waals surface area contributed by atoms with Crippen LogP contribution >= 0.6 is 11.3 Å². The SMILES string of the molecule is CC(c1cccs1)N1CCN(C)CC1. The molecule has 2 rings (SSSR count). The summed E-state index contributed by atoms with van der Waals surface area (Å²) in [6.45, 7) is 7.13. The highest BCUT2D eigenvalue weighted by Gasteiger charge is 2.20. The van der Waals surface area contributed by atoms with E-state index in [4.69, 9.17) is 0 Å². The van der Waals surface area contributed by atoms with E-state index in [9.17, 15) is 0 Å². The first-order valence-electron chi connectivity index (χ1n) is 5.23. The first-order valence-corrected chi connectivity index (χ1v) is 6.11. The predicted molar refractivity (Wildman–Crippen MR) is 61.8 cm³/mol. The Morgan fingerprint density at radius 1 is 1.29 bits per heavy atom. The van der Waals surface area contributed by atoms with E-state index >= 15 is 0 Å². The molecule has 3 heteroatoms. The van der Waals surface area contributed by atoms with Gasteiger partial charge in [-0.2, -0.15) is 0 Å². The minimum absolute atomic E-state index is 0.601. The molecule has 0 spiro atoms. The molecule has 78 valence electrons. The van der Waals surface area contributed by atoms with Gasteiger partial charge in [0, 0.05) is 37.1 Å². The van der Waals surface area contributed by atoms with Gasteiger partial charge in [0.15, 0.2) is 0 Å². The van der Waals surface area contributed by atoms with E-state index in [0.29, 0.717) is 6.04 Å². The first-order chi connectivity index (χ1) is 6.77. The lowest BCUT2D eigenvalue weighted by atomic mass is 10.2. The molecule has 1 atom stereocenters. The molecule has 0 amide bonds. The fourth-order valence-electron chi connectivity index (χ4n) is 1.92. The average Bonchev–Trinajstić information content (AvgIpc) is 2.71. The van der Waals surface area contributed by atoms with Crippen molar-refractivity contribution in [1.29, 1.82) is 0 Å². The summed E-state index contributed by atoms with van der Waals surface area (Å²) in [6.07, 6.45) is 0. The van der Waals surface area contributed by atoms with E-state index in [0.717, 1.165) is 0 Å². The zero-order valence-corrected chi connectivity index (χ0v) is 9.76. The second-order valence-electron chi connectivity index (χ2n) is 4.03. The number of thiophene rings is 1. The number of nitrogens with zero attached hydrogens (tertiary/aromatic N) is 2. The zero-order valence-electron chi connectivity index (χ0n) is 8.94. The Bertz CT molecular complexity index is 263. The van der Waals surface area contributed by atoms with Gasteiger partial charge in [-0.05, 0) is 25.4 Å². The molecule has 1 aromatic heterocycles. The van der Waals surface area contributed by atoms with Crippen molar-refractivity contribution in [3.05, 3.63) is 22.4 Å². The van der Waals surface area contributed by atoms with Crippen LogP contribution in [0, 0.1) is 0 Å². The molecule has 1 aliphatic rings. The summed E-state index contributed by atoms with van der Waals surface area (Å²) in [5.41, 5.74) is 0. The molecule has 1 aliphatic heterocycles. The molecule has 2 nitrogen and oxygen atoms in total. The van der Waals surface area contributed by atoms with E-state index in [-0.39, 0.29) is 0 Å². The van der Waals surface area contributed by atoms with Crippen LogP contribution in [0.3, 0.4) is 0 Å².